The first-order chi connectivity index (χ1) is 8.31. The van der Waals surface area contributed by atoms with Crippen LogP contribution >= 0.6 is 0 Å². The molecule has 0 fully saturated rings. The number of hydrogen-bond donors (Lipinski definition) is 0. The van der Waals surface area contributed by atoms with Gasteiger partial charge in [0.15, 0.2) is 18.2 Å². The Kier molecular flexibility index (Phi) is 3.74. The molecule has 0 aliphatic rings. The second-order valence-corrected chi connectivity index (χ2v) is 3.67. The molecule has 0 aliphatic heterocycles. The molecule has 0 saturated carbocycles. The van der Waals surface area contributed by atoms with Crippen molar-refractivity contribution < 1.29 is 9.26 Å². The van der Waals surface area contributed by atoms with E-state index < -0.39 is 0 Å². The summed E-state index contributed by atoms with van der Waals surface area (Å²) in [6.07, 6.45) is 5.34. The Hall–Kier alpha value is -1.85. The van der Waals surface area contributed by atoms with Gasteiger partial charge in [0.2, 0.25) is 0 Å². The Bertz CT molecular complexity index is 463. The summed E-state index contributed by atoms with van der Waals surface area (Å²) in [5.41, 5.74) is 0. The van der Waals surface area contributed by atoms with Gasteiger partial charge in [-0.1, -0.05) is 12.1 Å². The molecule has 92 valence electrons. The standard InChI is InChI=1S/C11H16N4O2/c1-3-5-10-13-11(17-14-10)8-16-9-6-12-15(4-2)7-9/h6-7H,3-5,8H2,1-2H3. The summed E-state index contributed by atoms with van der Waals surface area (Å²) >= 11 is 0. The van der Waals surface area contributed by atoms with Crippen LogP contribution in [0.3, 0.4) is 0 Å². The number of aromatic nitrogens is 4. The maximum atomic E-state index is 5.49. The van der Waals surface area contributed by atoms with E-state index in [1.807, 2.05) is 13.1 Å². The van der Waals surface area contributed by atoms with Crippen molar-refractivity contribution in [2.45, 2.75) is 39.8 Å². The number of aryl methyl sites for hydroxylation is 2. The van der Waals surface area contributed by atoms with Crippen molar-refractivity contribution in [2.75, 3.05) is 0 Å². The van der Waals surface area contributed by atoms with Crippen LogP contribution in [0.15, 0.2) is 16.9 Å². The summed E-state index contributed by atoms with van der Waals surface area (Å²) in [7, 11) is 0. The zero-order chi connectivity index (χ0) is 12.1. The van der Waals surface area contributed by atoms with Crippen LogP contribution in [-0.2, 0) is 19.6 Å². The molecular weight excluding hydrogens is 220 g/mol. The molecule has 0 unspecified atom stereocenters. The van der Waals surface area contributed by atoms with Crippen molar-refractivity contribution in [3.05, 3.63) is 24.1 Å². The van der Waals surface area contributed by atoms with E-state index in [0.29, 0.717) is 11.6 Å². The zero-order valence-corrected chi connectivity index (χ0v) is 10.1. The molecule has 0 N–H and O–H groups in total. The molecule has 17 heavy (non-hydrogen) atoms. The van der Waals surface area contributed by atoms with Crippen molar-refractivity contribution in [3.8, 4) is 5.75 Å². The van der Waals surface area contributed by atoms with Gasteiger partial charge >= 0.3 is 0 Å². The first-order valence-electron chi connectivity index (χ1n) is 5.78. The fourth-order valence-corrected chi connectivity index (χ4v) is 1.41. The number of rotatable bonds is 6. The van der Waals surface area contributed by atoms with Gasteiger partial charge in [-0.3, -0.25) is 4.68 Å². The second kappa shape index (κ2) is 5.47. The molecule has 6 heteroatoms. The van der Waals surface area contributed by atoms with Gasteiger partial charge in [-0.15, -0.1) is 0 Å². The lowest BCUT2D eigenvalue weighted by molar-refractivity contribution is 0.242. The summed E-state index contributed by atoms with van der Waals surface area (Å²) in [6.45, 7) is 5.20. The zero-order valence-electron chi connectivity index (χ0n) is 10.1. The molecule has 0 saturated heterocycles. The van der Waals surface area contributed by atoms with E-state index in [4.69, 9.17) is 9.26 Å². The third-order valence-corrected chi connectivity index (χ3v) is 2.28. The van der Waals surface area contributed by atoms with Gasteiger partial charge in [-0.05, 0) is 13.3 Å². The minimum Gasteiger partial charge on any atom is -0.480 e. The van der Waals surface area contributed by atoms with Crippen LogP contribution < -0.4 is 4.74 Å². The van der Waals surface area contributed by atoms with Crippen LogP contribution in [0.4, 0.5) is 0 Å². The molecule has 2 rings (SSSR count). The second-order valence-electron chi connectivity index (χ2n) is 3.67. The highest BCUT2D eigenvalue weighted by Crippen LogP contribution is 2.10. The van der Waals surface area contributed by atoms with Crippen molar-refractivity contribution in [1.29, 1.82) is 0 Å². The molecular formula is C11H16N4O2. The van der Waals surface area contributed by atoms with Crippen molar-refractivity contribution in [1.82, 2.24) is 19.9 Å². The molecule has 0 spiro atoms. The molecule has 0 aromatic carbocycles. The Morgan fingerprint density at radius 2 is 2.29 bits per heavy atom. The fourth-order valence-electron chi connectivity index (χ4n) is 1.41. The molecule has 0 atom stereocenters. The van der Waals surface area contributed by atoms with E-state index in [2.05, 4.69) is 22.2 Å². The smallest absolute Gasteiger partial charge is 0.264 e. The average Bonchev–Trinajstić information content (AvgIpc) is 2.95. The molecule has 6 nitrogen and oxygen atoms in total. The summed E-state index contributed by atoms with van der Waals surface area (Å²) in [6, 6.07) is 0. The maximum Gasteiger partial charge on any atom is 0.264 e. The van der Waals surface area contributed by atoms with Crippen LogP contribution in [0.25, 0.3) is 0 Å². The van der Waals surface area contributed by atoms with Crippen LogP contribution in [0.2, 0.25) is 0 Å². The van der Waals surface area contributed by atoms with Gasteiger partial charge < -0.3 is 9.26 Å². The Balaban J connectivity index is 1.88. The van der Waals surface area contributed by atoms with Gasteiger partial charge in [-0.25, -0.2) is 0 Å². The first-order valence-corrected chi connectivity index (χ1v) is 5.78. The van der Waals surface area contributed by atoms with Crippen molar-refractivity contribution >= 4 is 0 Å². The van der Waals surface area contributed by atoms with E-state index in [9.17, 15) is 0 Å². The lowest BCUT2D eigenvalue weighted by Crippen LogP contribution is -1.96. The molecule has 0 aliphatic carbocycles. The van der Waals surface area contributed by atoms with Crippen LogP contribution in [-0.4, -0.2) is 19.9 Å². The normalized spacial score (nSPS) is 10.7. The Morgan fingerprint density at radius 3 is 3.00 bits per heavy atom. The van der Waals surface area contributed by atoms with E-state index >= 15 is 0 Å². The first kappa shape index (κ1) is 11.6. The summed E-state index contributed by atoms with van der Waals surface area (Å²) < 4.78 is 12.3. The molecule has 0 bridgehead atoms. The predicted molar refractivity (Wildman–Crippen MR) is 60.5 cm³/mol. The molecule has 2 aromatic heterocycles. The predicted octanol–water partition coefficient (Wildman–Crippen LogP) is 1.82. The summed E-state index contributed by atoms with van der Waals surface area (Å²) in [5, 5.41) is 7.96. The van der Waals surface area contributed by atoms with Gasteiger partial charge in [0, 0.05) is 13.0 Å². The average molecular weight is 236 g/mol. The minimum atomic E-state index is 0.284. The largest absolute Gasteiger partial charge is 0.480 e. The Morgan fingerprint density at radius 1 is 1.41 bits per heavy atom. The van der Waals surface area contributed by atoms with Gasteiger partial charge in [-0.2, -0.15) is 10.1 Å². The molecule has 0 radical (unpaired) electrons. The summed E-state index contributed by atoms with van der Waals surface area (Å²) in [4.78, 5) is 4.21. The molecule has 2 heterocycles. The summed E-state index contributed by atoms with van der Waals surface area (Å²) in [5.74, 6) is 1.94. The van der Waals surface area contributed by atoms with Crippen molar-refractivity contribution in [3.63, 3.8) is 0 Å². The third-order valence-electron chi connectivity index (χ3n) is 2.28. The number of nitrogens with zero attached hydrogens (tertiary/aromatic N) is 4. The van der Waals surface area contributed by atoms with Crippen LogP contribution in [0.5, 0.6) is 5.75 Å². The third kappa shape index (κ3) is 3.05. The highest BCUT2D eigenvalue weighted by atomic mass is 16.5. The van der Waals surface area contributed by atoms with Gasteiger partial charge in [0.25, 0.3) is 5.89 Å². The molecule has 0 amide bonds. The lowest BCUT2D eigenvalue weighted by Gasteiger charge is -1.97. The number of ether oxygens (including phenoxy) is 1. The van der Waals surface area contributed by atoms with Gasteiger partial charge in [0.1, 0.15) is 0 Å². The van der Waals surface area contributed by atoms with E-state index in [1.54, 1.807) is 10.9 Å². The SMILES string of the molecule is CCCc1noc(COc2cnn(CC)c2)n1. The van der Waals surface area contributed by atoms with E-state index in [0.717, 1.165) is 25.2 Å². The highest BCUT2D eigenvalue weighted by molar-refractivity contribution is 5.11. The van der Waals surface area contributed by atoms with Crippen molar-refractivity contribution in [2.24, 2.45) is 0 Å². The lowest BCUT2D eigenvalue weighted by atomic mass is 10.3. The van der Waals surface area contributed by atoms with E-state index in [-0.39, 0.29) is 6.61 Å². The fraction of sp³-hybridized carbons (Fsp3) is 0.545. The molecule has 2 aromatic rings. The monoisotopic (exact) mass is 236 g/mol. The minimum absolute atomic E-state index is 0.284. The highest BCUT2D eigenvalue weighted by Gasteiger charge is 2.06. The topological polar surface area (TPSA) is 66.0 Å². The van der Waals surface area contributed by atoms with Crippen LogP contribution in [0, 0.1) is 0 Å². The quantitative estimate of drug-likeness (QED) is 0.765. The van der Waals surface area contributed by atoms with Crippen LogP contribution in [0.1, 0.15) is 32.0 Å². The number of hydrogen-bond acceptors (Lipinski definition) is 5. The van der Waals surface area contributed by atoms with Gasteiger partial charge in [0.05, 0.1) is 12.4 Å². The Labute approximate surface area is 99.6 Å². The van der Waals surface area contributed by atoms with E-state index in [1.165, 1.54) is 0 Å². The maximum absolute atomic E-state index is 5.49.